The minimum absolute atomic E-state index is 0.177. The molecule has 108 valence electrons. The van der Waals surface area contributed by atoms with E-state index in [-0.39, 0.29) is 17.7 Å². The Hall–Kier alpha value is -1.61. The molecule has 0 aliphatic rings. The normalized spacial score (nSPS) is 14.2. The Morgan fingerprint density at radius 1 is 1.45 bits per heavy atom. The summed E-state index contributed by atoms with van der Waals surface area (Å²) in [6, 6.07) is 5.96. The lowest BCUT2D eigenvalue weighted by Gasteiger charge is -2.17. The first-order valence-corrected chi connectivity index (χ1v) is 7.70. The highest BCUT2D eigenvalue weighted by Gasteiger charge is 2.20. The minimum atomic E-state index is -3.63. The lowest BCUT2D eigenvalue weighted by atomic mass is 10.1. The maximum Gasteiger partial charge on any atom is 0.241 e. The third kappa shape index (κ3) is 4.82. The molecule has 0 aliphatic heterocycles. The van der Waals surface area contributed by atoms with Crippen LogP contribution in [-0.4, -0.2) is 25.7 Å². The molecular formula is C15H19NO3S. The Morgan fingerprint density at radius 2 is 2.05 bits per heavy atom. The standard InChI is InChI=1S/C15H19NO3S/c1-4-6-14(17)11-13(5-2)16-20(18,19)15-9-7-12(3)8-10-15/h1,5,7-10,13-14,16-17H,2,6,11H2,3H3/t13-,14?/m1/s1. The zero-order valence-corrected chi connectivity index (χ0v) is 12.2. The zero-order chi connectivity index (χ0) is 15.2. The van der Waals surface area contributed by atoms with Gasteiger partial charge in [-0.25, -0.2) is 13.1 Å². The van der Waals surface area contributed by atoms with Crippen LogP contribution in [0, 0.1) is 19.3 Å². The van der Waals surface area contributed by atoms with Crippen molar-refractivity contribution in [2.75, 3.05) is 0 Å². The van der Waals surface area contributed by atoms with Crippen molar-refractivity contribution in [3.63, 3.8) is 0 Å². The van der Waals surface area contributed by atoms with Crippen molar-refractivity contribution in [1.29, 1.82) is 0 Å². The summed E-state index contributed by atoms with van der Waals surface area (Å²) in [6.45, 7) is 5.46. The van der Waals surface area contributed by atoms with Crippen LogP contribution < -0.4 is 4.72 Å². The molecule has 2 N–H and O–H groups in total. The smallest absolute Gasteiger partial charge is 0.241 e. The van der Waals surface area contributed by atoms with Crippen LogP contribution in [0.5, 0.6) is 0 Å². The quantitative estimate of drug-likeness (QED) is 0.593. The minimum Gasteiger partial charge on any atom is -0.392 e. The average Bonchev–Trinajstić information content (AvgIpc) is 2.38. The number of aliphatic hydroxyl groups is 1. The van der Waals surface area contributed by atoms with E-state index in [0.717, 1.165) is 5.56 Å². The van der Waals surface area contributed by atoms with Crippen molar-refractivity contribution in [2.45, 2.75) is 36.8 Å². The fourth-order valence-corrected chi connectivity index (χ4v) is 2.91. The molecule has 0 amide bonds. The summed E-state index contributed by atoms with van der Waals surface area (Å²) in [5.41, 5.74) is 0.980. The van der Waals surface area contributed by atoms with E-state index in [1.54, 1.807) is 12.1 Å². The van der Waals surface area contributed by atoms with Crippen molar-refractivity contribution in [3.8, 4) is 12.3 Å². The van der Waals surface area contributed by atoms with Gasteiger partial charge in [-0.15, -0.1) is 18.9 Å². The fraction of sp³-hybridized carbons (Fsp3) is 0.333. The van der Waals surface area contributed by atoms with E-state index < -0.39 is 22.2 Å². The highest BCUT2D eigenvalue weighted by molar-refractivity contribution is 7.89. The maximum absolute atomic E-state index is 12.2. The molecule has 1 aromatic carbocycles. The number of sulfonamides is 1. The number of rotatable bonds is 7. The summed E-state index contributed by atoms with van der Waals surface area (Å²) in [6.07, 6.45) is 6.16. The van der Waals surface area contributed by atoms with E-state index in [4.69, 9.17) is 6.42 Å². The van der Waals surface area contributed by atoms with E-state index in [2.05, 4.69) is 17.2 Å². The van der Waals surface area contributed by atoms with Crippen molar-refractivity contribution in [1.82, 2.24) is 4.72 Å². The second kappa shape index (κ2) is 7.25. The number of nitrogens with one attached hydrogen (secondary N) is 1. The van der Waals surface area contributed by atoms with Gasteiger partial charge < -0.3 is 5.11 Å². The van der Waals surface area contributed by atoms with Gasteiger partial charge in [-0.2, -0.15) is 0 Å². The largest absolute Gasteiger partial charge is 0.392 e. The predicted molar refractivity (Wildman–Crippen MR) is 79.6 cm³/mol. The molecule has 0 saturated heterocycles. The lowest BCUT2D eigenvalue weighted by Crippen LogP contribution is -2.35. The molecule has 1 rings (SSSR count). The van der Waals surface area contributed by atoms with Crippen molar-refractivity contribution < 1.29 is 13.5 Å². The van der Waals surface area contributed by atoms with Crippen LogP contribution in [0.3, 0.4) is 0 Å². The topological polar surface area (TPSA) is 66.4 Å². The molecule has 0 heterocycles. The first kappa shape index (κ1) is 16.4. The van der Waals surface area contributed by atoms with Crippen LogP contribution in [0.2, 0.25) is 0 Å². The van der Waals surface area contributed by atoms with Gasteiger partial charge in [0.2, 0.25) is 10.0 Å². The van der Waals surface area contributed by atoms with Gasteiger partial charge in [-0.05, 0) is 25.5 Å². The molecule has 0 saturated carbocycles. The van der Waals surface area contributed by atoms with Gasteiger partial charge in [0.15, 0.2) is 0 Å². The first-order valence-electron chi connectivity index (χ1n) is 6.22. The fourth-order valence-electron chi connectivity index (χ4n) is 1.69. The van der Waals surface area contributed by atoms with Gasteiger partial charge >= 0.3 is 0 Å². The van der Waals surface area contributed by atoms with Crippen molar-refractivity contribution in [3.05, 3.63) is 42.5 Å². The summed E-state index contributed by atoms with van der Waals surface area (Å²) in [4.78, 5) is 0.182. The molecule has 4 nitrogen and oxygen atoms in total. The van der Waals surface area contributed by atoms with E-state index in [9.17, 15) is 13.5 Å². The molecule has 20 heavy (non-hydrogen) atoms. The highest BCUT2D eigenvalue weighted by atomic mass is 32.2. The Kier molecular flexibility index (Phi) is 5.96. The monoisotopic (exact) mass is 293 g/mol. The summed E-state index contributed by atoms with van der Waals surface area (Å²) >= 11 is 0. The van der Waals surface area contributed by atoms with E-state index in [1.807, 2.05) is 6.92 Å². The Bertz CT molecular complexity index is 585. The Morgan fingerprint density at radius 3 is 2.55 bits per heavy atom. The molecule has 0 bridgehead atoms. The number of aryl methyl sites for hydroxylation is 1. The van der Waals surface area contributed by atoms with Crippen LogP contribution >= 0.6 is 0 Å². The van der Waals surface area contributed by atoms with Crippen molar-refractivity contribution in [2.24, 2.45) is 0 Å². The van der Waals surface area contributed by atoms with Gasteiger partial charge in [0.25, 0.3) is 0 Å². The number of aliphatic hydroxyl groups excluding tert-OH is 1. The summed E-state index contributed by atoms with van der Waals surface area (Å²) in [5, 5.41) is 9.63. The predicted octanol–water partition coefficient (Wildman–Crippen LogP) is 1.60. The molecule has 0 aliphatic carbocycles. The van der Waals surface area contributed by atoms with Gasteiger partial charge in [0, 0.05) is 12.5 Å². The van der Waals surface area contributed by atoms with E-state index in [1.165, 1.54) is 18.2 Å². The molecule has 0 radical (unpaired) electrons. The van der Waals surface area contributed by atoms with Crippen LogP contribution in [0.15, 0.2) is 41.8 Å². The number of hydrogen-bond acceptors (Lipinski definition) is 3. The molecule has 5 heteroatoms. The highest BCUT2D eigenvalue weighted by Crippen LogP contribution is 2.12. The zero-order valence-electron chi connectivity index (χ0n) is 11.4. The SMILES string of the molecule is C#CCC(O)C[C@@H](C=C)NS(=O)(=O)c1ccc(C)cc1. The molecule has 0 fully saturated rings. The Labute approximate surface area is 120 Å². The third-order valence-electron chi connectivity index (χ3n) is 2.80. The summed E-state index contributed by atoms with van der Waals surface area (Å²) in [5.74, 6) is 2.34. The number of hydrogen-bond donors (Lipinski definition) is 2. The molecule has 1 unspecified atom stereocenters. The average molecular weight is 293 g/mol. The summed E-state index contributed by atoms with van der Waals surface area (Å²) in [7, 11) is -3.63. The first-order chi connectivity index (χ1) is 9.39. The van der Waals surface area contributed by atoms with Crippen LogP contribution in [-0.2, 0) is 10.0 Å². The second-order valence-corrected chi connectivity index (χ2v) is 6.29. The van der Waals surface area contributed by atoms with Crippen LogP contribution in [0.4, 0.5) is 0 Å². The lowest BCUT2D eigenvalue weighted by molar-refractivity contribution is 0.164. The van der Waals surface area contributed by atoms with Gasteiger partial charge in [-0.3, -0.25) is 0 Å². The van der Waals surface area contributed by atoms with E-state index >= 15 is 0 Å². The molecular weight excluding hydrogens is 274 g/mol. The third-order valence-corrected chi connectivity index (χ3v) is 4.31. The summed E-state index contributed by atoms with van der Waals surface area (Å²) < 4.78 is 26.8. The number of terminal acetylenes is 1. The van der Waals surface area contributed by atoms with Gasteiger partial charge in [0.05, 0.1) is 11.0 Å². The number of benzene rings is 1. The second-order valence-electron chi connectivity index (χ2n) is 4.57. The molecule has 2 atom stereocenters. The Balaban J connectivity index is 2.80. The van der Waals surface area contributed by atoms with E-state index in [0.29, 0.717) is 0 Å². The molecule has 0 spiro atoms. The molecule has 1 aromatic rings. The maximum atomic E-state index is 12.2. The van der Waals surface area contributed by atoms with Crippen molar-refractivity contribution >= 4 is 10.0 Å². The van der Waals surface area contributed by atoms with Gasteiger partial charge in [-0.1, -0.05) is 23.8 Å². The van der Waals surface area contributed by atoms with Crippen LogP contribution in [0.1, 0.15) is 18.4 Å². The molecule has 0 aromatic heterocycles. The van der Waals surface area contributed by atoms with Crippen LogP contribution in [0.25, 0.3) is 0 Å². The van der Waals surface area contributed by atoms with Gasteiger partial charge in [0.1, 0.15) is 0 Å².